The van der Waals surface area contributed by atoms with Crippen LogP contribution in [0.3, 0.4) is 0 Å². The standard InChI is InChI=1S/C13H18FN3O3S/c1-10(18)16-5-2-6-17(8-7-16)21(19,20)13-9-11(15)3-4-12(13)14/h3-4,9H,2,5-8,15H2,1H3. The average Bonchev–Trinajstić information content (AvgIpc) is 2.67. The third kappa shape index (κ3) is 3.33. The highest BCUT2D eigenvalue weighted by molar-refractivity contribution is 7.89. The van der Waals surface area contributed by atoms with Gasteiger partial charge in [-0.2, -0.15) is 4.31 Å². The summed E-state index contributed by atoms with van der Waals surface area (Å²) in [5.74, 6) is -0.916. The molecule has 0 radical (unpaired) electrons. The normalized spacial score (nSPS) is 17.5. The average molecular weight is 315 g/mol. The molecule has 1 aliphatic rings. The molecule has 1 heterocycles. The Morgan fingerprint density at radius 2 is 1.95 bits per heavy atom. The van der Waals surface area contributed by atoms with E-state index in [-0.39, 0.29) is 24.7 Å². The first-order valence-electron chi connectivity index (χ1n) is 6.63. The molecular weight excluding hydrogens is 297 g/mol. The second-order valence-corrected chi connectivity index (χ2v) is 6.86. The van der Waals surface area contributed by atoms with E-state index in [0.29, 0.717) is 19.5 Å². The van der Waals surface area contributed by atoms with Crippen LogP contribution < -0.4 is 5.73 Å². The van der Waals surface area contributed by atoms with E-state index >= 15 is 0 Å². The van der Waals surface area contributed by atoms with Gasteiger partial charge in [-0.25, -0.2) is 12.8 Å². The van der Waals surface area contributed by atoms with E-state index in [1.165, 1.54) is 17.3 Å². The fraction of sp³-hybridized carbons (Fsp3) is 0.462. The van der Waals surface area contributed by atoms with Crippen LogP contribution in [0.25, 0.3) is 0 Å². The monoisotopic (exact) mass is 315 g/mol. The van der Waals surface area contributed by atoms with Gasteiger partial charge in [0.15, 0.2) is 0 Å². The number of hydrogen-bond acceptors (Lipinski definition) is 4. The molecule has 1 saturated heterocycles. The van der Waals surface area contributed by atoms with Gasteiger partial charge in [0, 0.05) is 38.8 Å². The maximum Gasteiger partial charge on any atom is 0.246 e. The molecule has 1 aromatic carbocycles. The summed E-state index contributed by atoms with van der Waals surface area (Å²) in [6.45, 7) is 2.65. The van der Waals surface area contributed by atoms with E-state index in [1.807, 2.05) is 0 Å². The van der Waals surface area contributed by atoms with Crippen molar-refractivity contribution < 1.29 is 17.6 Å². The van der Waals surface area contributed by atoms with Crippen LogP contribution in [0.2, 0.25) is 0 Å². The summed E-state index contributed by atoms with van der Waals surface area (Å²) in [7, 11) is -3.95. The Labute approximate surface area is 123 Å². The molecule has 2 N–H and O–H groups in total. The van der Waals surface area contributed by atoms with Crippen molar-refractivity contribution in [1.82, 2.24) is 9.21 Å². The minimum absolute atomic E-state index is 0.0932. The number of nitrogens with zero attached hydrogens (tertiary/aromatic N) is 2. The van der Waals surface area contributed by atoms with E-state index in [0.717, 1.165) is 12.1 Å². The smallest absolute Gasteiger partial charge is 0.246 e. The number of amides is 1. The molecule has 6 nitrogen and oxygen atoms in total. The minimum Gasteiger partial charge on any atom is -0.399 e. The highest BCUT2D eigenvalue weighted by Crippen LogP contribution is 2.22. The second-order valence-electron chi connectivity index (χ2n) is 4.95. The van der Waals surface area contributed by atoms with E-state index in [1.54, 1.807) is 4.90 Å². The van der Waals surface area contributed by atoms with Crippen molar-refractivity contribution in [3.63, 3.8) is 0 Å². The molecule has 0 saturated carbocycles. The summed E-state index contributed by atoms with van der Waals surface area (Å²) in [5, 5.41) is 0. The summed E-state index contributed by atoms with van der Waals surface area (Å²) < 4.78 is 40.0. The first kappa shape index (κ1) is 15.7. The van der Waals surface area contributed by atoms with Crippen LogP contribution in [-0.2, 0) is 14.8 Å². The number of anilines is 1. The van der Waals surface area contributed by atoms with Gasteiger partial charge in [-0.15, -0.1) is 0 Å². The lowest BCUT2D eigenvalue weighted by atomic mass is 10.3. The number of benzene rings is 1. The first-order chi connectivity index (χ1) is 9.82. The minimum atomic E-state index is -3.95. The van der Waals surface area contributed by atoms with Crippen molar-refractivity contribution >= 4 is 21.6 Å². The zero-order valence-corrected chi connectivity index (χ0v) is 12.6. The lowest BCUT2D eigenvalue weighted by Crippen LogP contribution is -2.36. The van der Waals surface area contributed by atoms with Crippen LogP contribution >= 0.6 is 0 Å². The second kappa shape index (κ2) is 5.98. The van der Waals surface area contributed by atoms with Gasteiger partial charge >= 0.3 is 0 Å². The van der Waals surface area contributed by atoms with Crippen LogP contribution in [0.1, 0.15) is 13.3 Å². The highest BCUT2D eigenvalue weighted by atomic mass is 32.2. The van der Waals surface area contributed by atoms with Gasteiger partial charge in [-0.05, 0) is 24.6 Å². The molecule has 1 fully saturated rings. The Kier molecular flexibility index (Phi) is 4.48. The Morgan fingerprint density at radius 3 is 2.62 bits per heavy atom. The first-order valence-corrected chi connectivity index (χ1v) is 8.07. The largest absolute Gasteiger partial charge is 0.399 e. The molecule has 21 heavy (non-hydrogen) atoms. The molecule has 2 rings (SSSR count). The van der Waals surface area contributed by atoms with E-state index in [4.69, 9.17) is 5.73 Å². The zero-order chi connectivity index (χ0) is 15.6. The molecule has 0 unspecified atom stereocenters. The van der Waals surface area contributed by atoms with Gasteiger partial charge in [-0.3, -0.25) is 4.79 Å². The summed E-state index contributed by atoms with van der Waals surface area (Å²) in [5.41, 5.74) is 5.73. The van der Waals surface area contributed by atoms with Gasteiger partial charge in [0.1, 0.15) is 10.7 Å². The fourth-order valence-electron chi connectivity index (χ4n) is 2.31. The van der Waals surface area contributed by atoms with Gasteiger partial charge in [0.2, 0.25) is 15.9 Å². The van der Waals surface area contributed by atoms with Crippen LogP contribution in [0.15, 0.2) is 23.1 Å². The lowest BCUT2D eigenvalue weighted by molar-refractivity contribution is -0.128. The molecule has 1 aromatic rings. The molecule has 1 aliphatic heterocycles. The number of rotatable bonds is 2. The Hall–Kier alpha value is -1.67. The van der Waals surface area contributed by atoms with Crippen molar-refractivity contribution in [3.8, 4) is 0 Å². The summed E-state index contributed by atoms with van der Waals surface area (Å²) >= 11 is 0. The summed E-state index contributed by atoms with van der Waals surface area (Å²) in [6, 6.07) is 3.48. The fourth-order valence-corrected chi connectivity index (χ4v) is 3.87. The molecular formula is C13H18FN3O3S. The van der Waals surface area contributed by atoms with Crippen molar-refractivity contribution in [1.29, 1.82) is 0 Å². The van der Waals surface area contributed by atoms with Gasteiger partial charge in [0.25, 0.3) is 0 Å². The quantitative estimate of drug-likeness (QED) is 0.812. The molecule has 0 aliphatic carbocycles. The number of halogens is 1. The molecule has 0 bridgehead atoms. The van der Waals surface area contributed by atoms with Crippen molar-refractivity contribution in [2.75, 3.05) is 31.9 Å². The van der Waals surface area contributed by atoms with Gasteiger partial charge in [0.05, 0.1) is 0 Å². The highest BCUT2D eigenvalue weighted by Gasteiger charge is 2.29. The third-order valence-corrected chi connectivity index (χ3v) is 5.39. The number of nitrogens with two attached hydrogens (primary N) is 1. The van der Waals surface area contributed by atoms with Crippen LogP contribution in [-0.4, -0.2) is 49.7 Å². The lowest BCUT2D eigenvalue weighted by Gasteiger charge is -2.21. The van der Waals surface area contributed by atoms with Crippen LogP contribution in [0.5, 0.6) is 0 Å². The third-order valence-electron chi connectivity index (χ3n) is 3.47. The number of hydrogen-bond donors (Lipinski definition) is 1. The molecule has 1 amide bonds. The number of carbonyl (C=O) groups excluding carboxylic acids is 1. The molecule has 8 heteroatoms. The van der Waals surface area contributed by atoms with Gasteiger partial charge < -0.3 is 10.6 Å². The topological polar surface area (TPSA) is 83.7 Å². The Morgan fingerprint density at radius 1 is 1.24 bits per heavy atom. The van der Waals surface area contributed by atoms with Crippen LogP contribution in [0, 0.1) is 5.82 Å². The molecule has 116 valence electrons. The number of carbonyl (C=O) groups is 1. The molecule has 0 spiro atoms. The van der Waals surface area contributed by atoms with E-state index in [2.05, 4.69) is 0 Å². The van der Waals surface area contributed by atoms with Crippen molar-refractivity contribution in [2.45, 2.75) is 18.2 Å². The van der Waals surface area contributed by atoms with E-state index < -0.39 is 20.7 Å². The van der Waals surface area contributed by atoms with Crippen molar-refractivity contribution in [3.05, 3.63) is 24.0 Å². The molecule has 0 aromatic heterocycles. The predicted molar refractivity (Wildman–Crippen MR) is 76.4 cm³/mol. The summed E-state index contributed by atoms with van der Waals surface area (Å²) in [6.07, 6.45) is 0.517. The zero-order valence-electron chi connectivity index (χ0n) is 11.8. The summed E-state index contributed by atoms with van der Waals surface area (Å²) in [4.78, 5) is 12.5. The number of nitrogen functional groups attached to an aromatic ring is 1. The maximum atomic E-state index is 13.8. The van der Waals surface area contributed by atoms with Crippen LogP contribution in [0.4, 0.5) is 10.1 Å². The SMILES string of the molecule is CC(=O)N1CCCN(S(=O)(=O)c2cc(N)ccc2F)CC1. The van der Waals surface area contributed by atoms with Gasteiger partial charge in [-0.1, -0.05) is 0 Å². The number of sulfonamides is 1. The van der Waals surface area contributed by atoms with Crippen molar-refractivity contribution in [2.24, 2.45) is 0 Å². The Bertz CT molecular complexity index is 648. The maximum absolute atomic E-state index is 13.8. The predicted octanol–water partition coefficient (Wildman–Crippen LogP) is 0.651. The molecule has 0 atom stereocenters. The van der Waals surface area contributed by atoms with E-state index in [9.17, 15) is 17.6 Å². The Balaban J connectivity index is 2.27.